The van der Waals surface area contributed by atoms with Crippen LogP contribution in [0.4, 0.5) is 5.69 Å². The van der Waals surface area contributed by atoms with Crippen LogP contribution in [0, 0.1) is 5.92 Å². The molecule has 0 aromatic heterocycles. The summed E-state index contributed by atoms with van der Waals surface area (Å²) in [5.74, 6) is 1.83. The minimum atomic E-state index is -0.0157. The number of thioether (sulfide) groups is 1. The van der Waals surface area contributed by atoms with Crippen LogP contribution in [0.2, 0.25) is 0 Å². The number of carbonyl (C=O) groups excluding carboxylic acids is 1. The Hall–Kier alpha value is -1.78. The van der Waals surface area contributed by atoms with Crippen LogP contribution in [0.3, 0.4) is 0 Å². The van der Waals surface area contributed by atoms with E-state index in [9.17, 15) is 4.79 Å². The van der Waals surface area contributed by atoms with Crippen molar-refractivity contribution in [3.63, 3.8) is 0 Å². The molecule has 0 radical (unpaired) electrons. The molecule has 126 valence electrons. The third-order valence-corrected chi connectivity index (χ3v) is 5.45. The summed E-state index contributed by atoms with van der Waals surface area (Å²) >= 11 is 1.80. The SMILES string of the molecule is CC(CSCc1ccccc1)C(=O)Nc1ccc2c(c1)CCOC2. The highest BCUT2D eigenvalue weighted by atomic mass is 32.2. The van der Waals surface area contributed by atoms with Gasteiger partial charge in [-0.15, -0.1) is 0 Å². The van der Waals surface area contributed by atoms with Crippen LogP contribution in [-0.2, 0) is 28.3 Å². The van der Waals surface area contributed by atoms with E-state index in [1.807, 2.05) is 31.2 Å². The van der Waals surface area contributed by atoms with E-state index >= 15 is 0 Å². The zero-order valence-electron chi connectivity index (χ0n) is 14.0. The van der Waals surface area contributed by atoms with Gasteiger partial charge in [-0.1, -0.05) is 43.3 Å². The van der Waals surface area contributed by atoms with Crippen LogP contribution >= 0.6 is 11.8 Å². The molecule has 4 heteroatoms. The molecule has 0 spiro atoms. The fourth-order valence-electron chi connectivity index (χ4n) is 2.71. The van der Waals surface area contributed by atoms with Gasteiger partial charge in [0.2, 0.25) is 5.91 Å². The van der Waals surface area contributed by atoms with E-state index in [1.54, 1.807) is 11.8 Å². The number of nitrogens with one attached hydrogen (secondary N) is 1. The zero-order chi connectivity index (χ0) is 16.8. The molecule has 2 aromatic rings. The lowest BCUT2D eigenvalue weighted by atomic mass is 10.0. The predicted octanol–water partition coefficient (Wildman–Crippen LogP) is 4.27. The van der Waals surface area contributed by atoms with Gasteiger partial charge in [-0.3, -0.25) is 4.79 Å². The maximum Gasteiger partial charge on any atom is 0.228 e. The van der Waals surface area contributed by atoms with Gasteiger partial charge in [-0.25, -0.2) is 0 Å². The first kappa shape index (κ1) is 17.1. The summed E-state index contributed by atoms with van der Waals surface area (Å²) in [4.78, 5) is 12.4. The van der Waals surface area contributed by atoms with Crippen molar-refractivity contribution >= 4 is 23.4 Å². The van der Waals surface area contributed by atoms with Crippen LogP contribution < -0.4 is 5.32 Å². The summed E-state index contributed by atoms with van der Waals surface area (Å²) in [5.41, 5.74) is 4.70. The lowest BCUT2D eigenvalue weighted by Crippen LogP contribution is -2.22. The quantitative estimate of drug-likeness (QED) is 0.853. The smallest absolute Gasteiger partial charge is 0.228 e. The van der Waals surface area contributed by atoms with Crippen molar-refractivity contribution in [3.8, 4) is 0 Å². The van der Waals surface area contributed by atoms with Crippen LogP contribution in [0.15, 0.2) is 48.5 Å². The maximum absolute atomic E-state index is 12.4. The molecule has 0 aliphatic carbocycles. The first-order chi connectivity index (χ1) is 11.7. The van der Waals surface area contributed by atoms with Gasteiger partial charge in [0.05, 0.1) is 13.2 Å². The summed E-state index contributed by atoms with van der Waals surface area (Å²) in [7, 11) is 0. The number of fused-ring (bicyclic) bond motifs is 1. The molecule has 3 rings (SSSR count). The van der Waals surface area contributed by atoms with Gasteiger partial charge in [0.15, 0.2) is 0 Å². The van der Waals surface area contributed by atoms with Crippen LogP contribution in [-0.4, -0.2) is 18.3 Å². The minimum Gasteiger partial charge on any atom is -0.376 e. The Morgan fingerprint density at radius 2 is 2.04 bits per heavy atom. The van der Waals surface area contributed by atoms with Gasteiger partial charge < -0.3 is 10.1 Å². The van der Waals surface area contributed by atoms with Gasteiger partial charge >= 0.3 is 0 Å². The van der Waals surface area contributed by atoms with Gasteiger partial charge in [0.1, 0.15) is 0 Å². The number of carbonyl (C=O) groups is 1. The van der Waals surface area contributed by atoms with E-state index in [-0.39, 0.29) is 11.8 Å². The minimum absolute atomic E-state index is 0.0157. The molecule has 1 unspecified atom stereocenters. The van der Waals surface area contributed by atoms with Gasteiger partial charge in [0, 0.05) is 23.1 Å². The monoisotopic (exact) mass is 341 g/mol. The summed E-state index contributed by atoms with van der Waals surface area (Å²) in [6.45, 7) is 3.42. The van der Waals surface area contributed by atoms with E-state index < -0.39 is 0 Å². The summed E-state index contributed by atoms with van der Waals surface area (Å²) in [5, 5.41) is 3.05. The van der Waals surface area contributed by atoms with Gasteiger partial charge in [-0.2, -0.15) is 11.8 Å². The average molecular weight is 341 g/mol. The van der Waals surface area contributed by atoms with Crippen molar-refractivity contribution in [1.29, 1.82) is 0 Å². The predicted molar refractivity (Wildman–Crippen MR) is 100 cm³/mol. The fraction of sp³-hybridized carbons (Fsp3) is 0.350. The molecule has 1 aliphatic rings. The van der Waals surface area contributed by atoms with Crippen molar-refractivity contribution in [2.45, 2.75) is 25.7 Å². The number of rotatable bonds is 6. The number of hydrogen-bond donors (Lipinski definition) is 1. The largest absolute Gasteiger partial charge is 0.376 e. The second-order valence-electron chi connectivity index (χ2n) is 6.18. The number of ether oxygens (including phenoxy) is 1. The topological polar surface area (TPSA) is 38.3 Å². The molecule has 1 heterocycles. The fourth-order valence-corrected chi connectivity index (χ4v) is 3.76. The van der Waals surface area contributed by atoms with E-state index in [1.165, 1.54) is 16.7 Å². The number of amides is 1. The Kier molecular flexibility index (Phi) is 5.94. The average Bonchev–Trinajstić information content (AvgIpc) is 2.62. The molecular weight excluding hydrogens is 318 g/mol. The summed E-state index contributed by atoms with van der Waals surface area (Å²) in [6.07, 6.45) is 0.918. The third kappa shape index (κ3) is 4.62. The second kappa shape index (κ2) is 8.36. The normalized spacial score (nSPS) is 14.7. The molecular formula is C20H23NO2S. The highest BCUT2D eigenvalue weighted by Gasteiger charge is 2.15. The lowest BCUT2D eigenvalue weighted by Gasteiger charge is -2.18. The maximum atomic E-state index is 12.4. The zero-order valence-corrected chi connectivity index (χ0v) is 14.8. The molecule has 1 atom stereocenters. The van der Waals surface area contributed by atoms with Crippen LogP contribution in [0.5, 0.6) is 0 Å². The molecule has 24 heavy (non-hydrogen) atoms. The second-order valence-corrected chi connectivity index (χ2v) is 7.21. The molecule has 0 bridgehead atoms. The first-order valence-corrected chi connectivity index (χ1v) is 9.50. The van der Waals surface area contributed by atoms with Crippen LogP contribution in [0.1, 0.15) is 23.6 Å². The van der Waals surface area contributed by atoms with Crippen molar-refractivity contribution in [2.75, 3.05) is 17.7 Å². The Labute approximate surface area is 147 Å². The molecule has 0 fully saturated rings. The number of hydrogen-bond acceptors (Lipinski definition) is 3. The van der Waals surface area contributed by atoms with E-state index in [0.717, 1.165) is 30.2 Å². The molecule has 2 aromatic carbocycles. The van der Waals surface area contributed by atoms with Crippen molar-refractivity contribution in [2.24, 2.45) is 5.92 Å². The Bertz CT molecular complexity index is 687. The highest BCUT2D eigenvalue weighted by molar-refractivity contribution is 7.98. The number of anilines is 1. The van der Waals surface area contributed by atoms with Gasteiger partial charge in [0.25, 0.3) is 0 Å². The first-order valence-electron chi connectivity index (χ1n) is 8.34. The summed E-state index contributed by atoms with van der Waals surface area (Å²) in [6, 6.07) is 16.5. The highest BCUT2D eigenvalue weighted by Crippen LogP contribution is 2.22. The van der Waals surface area contributed by atoms with Crippen molar-refractivity contribution in [3.05, 3.63) is 65.2 Å². The molecule has 1 amide bonds. The van der Waals surface area contributed by atoms with Crippen molar-refractivity contribution < 1.29 is 9.53 Å². The third-order valence-electron chi connectivity index (χ3n) is 4.17. The molecule has 3 nitrogen and oxygen atoms in total. The lowest BCUT2D eigenvalue weighted by molar-refractivity contribution is -0.118. The van der Waals surface area contributed by atoms with E-state index in [4.69, 9.17) is 4.74 Å². The van der Waals surface area contributed by atoms with Crippen LogP contribution in [0.25, 0.3) is 0 Å². The van der Waals surface area contributed by atoms with Gasteiger partial charge in [-0.05, 0) is 35.2 Å². The standard InChI is InChI=1S/C20H23NO2S/c1-15(13-24-14-16-5-3-2-4-6-16)20(22)21-19-8-7-18-12-23-10-9-17(18)11-19/h2-8,11,15H,9-10,12-14H2,1H3,(H,21,22). The molecule has 1 N–H and O–H groups in total. The van der Waals surface area contributed by atoms with E-state index in [0.29, 0.717) is 6.61 Å². The summed E-state index contributed by atoms with van der Waals surface area (Å²) < 4.78 is 5.45. The molecule has 1 aliphatic heterocycles. The van der Waals surface area contributed by atoms with Crippen molar-refractivity contribution in [1.82, 2.24) is 0 Å². The Morgan fingerprint density at radius 1 is 1.21 bits per heavy atom. The Balaban J connectivity index is 1.49. The Morgan fingerprint density at radius 3 is 2.88 bits per heavy atom. The number of benzene rings is 2. The van der Waals surface area contributed by atoms with E-state index in [2.05, 4.69) is 29.6 Å². The molecule has 0 saturated heterocycles. The molecule has 0 saturated carbocycles.